The number of oxime groups is 1. The van der Waals surface area contributed by atoms with Gasteiger partial charge in [-0.25, -0.2) is 9.78 Å². The SMILES string of the molecule is CC[C@@]1(O)C(=O)OCc2c1cc1n(c2=O)Cc2c-1nc1ccc(O)cc1c2/C=N\OC(C)(C)C. The van der Waals surface area contributed by atoms with Gasteiger partial charge in [-0.3, -0.25) is 4.79 Å². The Hall–Kier alpha value is -3.72. The van der Waals surface area contributed by atoms with Crippen LogP contribution in [0.3, 0.4) is 0 Å². The fourth-order valence-electron chi connectivity index (χ4n) is 4.48. The van der Waals surface area contributed by atoms with E-state index < -0.39 is 17.2 Å². The van der Waals surface area contributed by atoms with Crippen LogP contribution < -0.4 is 5.56 Å². The number of carbonyl (C=O) groups excluding carboxylic acids is 1. The molecule has 2 aromatic heterocycles. The summed E-state index contributed by atoms with van der Waals surface area (Å²) in [5.74, 6) is -0.688. The van der Waals surface area contributed by atoms with Crippen LogP contribution >= 0.6 is 0 Å². The van der Waals surface area contributed by atoms with Gasteiger partial charge in [0.2, 0.25) is 0 Å². The number of phenolic OH excluding ortho intramolecular Hbond substituents is 1. The van der Waals surface area contributed by atoms with Crippen LogP contribution in [-0.2, 0) is 33.1 Å². The number of hydrogen-bond donors (Lipinski definition) is 2. The highest BCUT2D eigenvalue weighted by Gasteiger charge is 2.45. The number of benzene rings is 1. The van der Waals surface area contributed by atoms with E-state index in [2.05, 4.69) is 5.16 Å². The number of phenols is 1. The highest BCUT2D eigenvalue weighted by atomic mass is 16.6. The van der Waals surface area contributed by atoms with Crippen LogP contribution in [0.1, 0.15) is 56.4 Å². The predicted molar refractivity (Wildman–Crippen MR) is 125 cm³/mol. The molecule has 1 aromatic carbocycles. The van der Waals surface area contributed by atoms with Crippen LogP contribution in [0.2, 0.25) is 0 Å². The first-order valence-electron chi connectivity index (χ1n) is 11.1. The Kier molecular flexibility index (Phi) is 4.80. The lowest BCUT2D eigenvalue weighted by molar-refractivity contribution is -0.172. The summed E-state index contributed by atoms with van der Waals surface area (Å²) in [5.41, 5.74) is 0.824. The minimum absolute atomic E-state index is 0.0705. The molecule has 0 saturated heterocycles. The molecule has 0 bridgehead atoms. The Labute approximate surface area is 195 Å². The summed E-state index contributed by atoms with van der Waals surface area (Å²) in [4.78, 5) is 36.1. The van der Waals surface area contributed by atoms with Crippen LogP contribution in [0.5, 0.6) is 5.75 Å². The van der Waals surface area contributed by atoms with E-state index in [4.69, 9.17) is 14.6 Å². The second kappa shape index (κ2) is 7.39. The molecule has 5 rings (SSSR count). The number of carbonyl (C=O) groups is 1. The van der Waals surface area contributed by atoms with E-state index >= 15 is 0 Å². The summed E-state index contributed by atoms with van der Waals surface area (Å²) in [5, 5.41) is 26.0. The average Bonchev–Trinajstić information content (AvgIpc) is 3.14. The molecule has 0 fully saturated rings. The number of pyridine rings is 2. The topological polar surface area (TPSA) is 123 Å². The van der Waals surface area contributed by atoms with Crippen molar-refractivity contribution in [2.75, 3.05) is 0 Å². The number of ether oxygens (including phenoxy) is 1. The molecular formula is C25H25N3O6. The zero-order valence-corrected chi connectivity index (χ0v) is 19.4. The number of aromatic nitrogens is 2. The van der Waals surface area contributed by atoms with E-state index in [1.807, 2.05) is 20.8 Å². The standard InChI is InChI=1S/C25H25N3O6/c1-5-25(32)18-9-20-21-16(11-28(20)22(30)17(18)12-33-23(25)31)15(10-26-34-24(2,3)4)14-8-13(29)6-7-19(14)27-21/h6-10,29,32H,5,11-12H2,1-4H3/b26-10-/t25-/m0/s1. The number of fused-ring (bicyclic) bond motifs is 5. The molecule has 0 radical (unpaired) electrons. The summed E-state index contributed by atoms with van der Waals surface area (Å²) in [6, 6.07) is 6.49. The van der Waals surface area contributed by atoms with E-state index in [1.165, 1.54) is 6.07 Å². The lowest BCUT2D eigenvalue weighted by atomic mass is 9.86. The molecule has 9 heteroatoms. The van der Waals surface area contributed by atoms with Gasteiger partial charge in [-0.2, -0.15) is 0 Å². The number of rotatable bonds is 3. The van der Waals surface area contributed by atoms with Gasteiger partial charge in [-0.15, -0.1) is 0 Å². The molecule has 0 saturated carbocycles. The molecule has 176 valence electrons. The summed E-state index contributed by atoms with van der Waals surface area (Å²) in [6.07, 6.45) is 1.64. The average molecular weight is 463 g/mol. The Bertz CT molecular complexity index is 1450. The first kappa shape index (κ1) is 22.1. The van der Waals surface area contributed by atoms with Crippen LogP contribution in [0.15, 0.2) is 34.2 Å². The Balaban J connectivity index is 1.77. The van der Waals surface area contributed by atoms with Crippen LogP contribution in [-0.4, -0.2) is 37.5 Å². The first-order chi connectivity index (χ1) is 16.0. The first-order valence-corrected chi connectivity index (χ1v) is 11.1. The van der Waals surface area contributed by atoms with Crippen molar-refractivity contribution in [2.45, 2.75) is 58.5 Å². The maximum absolute atomic E-state index is 13.4. The number of cyclic esters (lactones) is 1. The molecule has 0 aliphatic carbocycles. The number of esters is 1. The molecule has 1 atom stereocenters. The monoisotopic (exact) mass is 463 g/mol. The van der Waals surface area contributed by atoms with Crippen LogP contribution in [0.4, 0.5) is 0 Å². The van der Waals surface area contributed by atoms with Crippen molar-refractivity contribution in [2.24, 2.45) is 5.16 Å². The van der Waals surface area contributed by atoms with Crippen LogP contribution in [0.25, 0.3) is 22.3 Å². The minimum atomic E-state index is -1.89. The third kappa shape index (κ3) is 3.27. The van der Waals surface area contributed by atoms with Crippen molar-refractivity contribution in [1.82, 2.24) is 9.55 Å². The van der Waals surface area contributed by atoms with Crippen molar-refractivity contribution < 1.29 is 24.6 Å². The van der Waals surface area contributed by atoms with Gasteiger partial charge in [0, 0.05) is 22.1 Å². The number of aliphatic hydroxyl groups is 1. The molecule has 9 nitrogen and oxygen atoms in total. The highest BCUT2D eigenvalue weighted by Crippen LogP contribution is 2.40. The third-order valence-electron chi connectivity index (χ3n) is 6.22. The van der Waals surface area contributed by atoms with Crippen LogP contribution in [0, 0.1) is 0 Å². The van der Waals surface area contributed by atoms with Crippen molar-refractivity contribution in [3.05, 3.63) is 56.9 Å². The van der Waals surface area contributed by atoms with Crippen molar-refractivity contribution >= 4 is 23.1 Å². The van der Waals surface area contributed by atoms with Crippen molar-refractivity contribution in [3.63, 3.8) is 0 Å². The van der Waals surface area contributed by atoms with E-state index in [0.717, 1.165) is 5.56 Å². The van der Waals surface area contributed by atoms with E-state index in [-0.39, 0.29) is 42.0 Å². The molecule has 2 aliphatic heterocycles. The van der Waals surface area contributed by atoms with Gasteiger partial charge in [-0.05, 0) is 51.5 Å². The van der Waals surface area contributed by atoms with Gasteiger partial charge in [0.15, 0.2) is 5.60 Å². The lowest BCUT2D eigenvalue weighted by Crippen LogP contribution is -2.44. The summed E-state index contributed by atoms with van der Waals surface area (Å²) in [6.45, 7) is 7.32. The zero-order chi connectivity index (χ0) is 24.4. The van der Waals surface area contributed by atoms with E-state index in [0.29, 0.717) is 27.9 Å². The lowest BCUT2D eigenvalue weighted by Gasteiger charge is -2.31. The molecule has 0 spiro atoms. The molecule has 2 aliphatic rings. The minimum Gasteiger partial charge on any atom is -0.508 e. The molecule has 2 N–H and O–H groups in total. The van der Waals surface area contributed by atoms with Crippen molar-refractivity contribution in [3.8, 4) is 17.1 Å². The van der Waals surface area contributed by atoms with Gasteiger partial charge in [0.05, 0.1) is 35.2 Å². The zero-order valence-electron chi connectivity index (χ0n) is 19.4. The molecule has 4 heterocycles. The summed E-state index contributed by atoms with van der Waals surface area (Å²) >= 11 is 0. The maximum atomic E-state index is 13.4. The molecule has 0 unspecified atom stereocenters. The fraction of sp³-hybridized carbons (Fsp3) is 0.360. The van der Waals surface area contributed by atoms with Gasteiger partial charge >= 0.3 is 5.97 Å². The molecule has 34 heavy (non-hydrogen) atoms. The normalized spacial score (nSPS) is 19.1. The quantitative estimate of drug-likeness (QED) is 0.272. The predicted octanol–water partition coefficient (Wildman–Crippen LogP) is 2.93. The number of nitrogens with zero attached hydrogens (tertiary/aromatic N) is 3. The Morgan fingerprint density at radius 2 is 2.03 bits per heavy atom. The molecule has 0 amide bonds. The second-order valence-corrected chi connectivity index (χ2v) is 9.60. The maximum Gasteiger partial charge on any atom is 0.343 e. The van der Waals surface area contributed by atoms with Gasteiger partial charge in [0.25, 0.3) is 5.56 Å². The van der Waals surface area contributed by atoms with Gasteiger partial charge in [-0.1, -0.05) is 12.1 Å². The summed E-state index contributed by atoms with van der Waals surface area (Å²) < 4.78 is 6.69. The third-order valence-corrected chi connectivity index (χ3v) is 6.22. The Morgan fingerprint density at radius 3 is 2.74 bits per heavy atom. The van der Waals surface area contributed by atoms with Crippen molar-refractivity contribution in [1.29, 1.82) is 0 Å². The smallest absolute Gasteiger partial charge is 0.343 e. The van der Waals surface area contributed by atoms with Gasteiger partial charge in [0.1, 0.15) is 18.0 Å². The summed E-state index contributed by atoms with van der Waals surface area (Å²) in [7, 11) is 0. The number of aromatic hydroxyl groups is 1. The molecule has 3 aromatic rings. The Morgan fingerprint density at radius 1 is 1.26 bits per heavy atom. The van der Waals surface area contributed by atoms with E-state index in [1.54, 1.807) is 35.9 Å². The fourth-order valence-corrected chi connectivity index (χ4v) is 4.48. The second-order valence-electron chi connectivity index (χ2n) is 9.60. The van der Waals surface area contributed by atoms with E-state index in [9.17, 15) is 19.8 Å². The van der Waals surface area contributed by atoms with Gasteiger partial charge < -0.3 is 24.4 Å². The molecular weight excluding hydrogens is 438 g/mol. The number of hydrogen-bond acceptors (Lipinski definition) is 8. The largest absolute Gasteiger partial charge is 0.508 e. The highest BCUT2D eigenvalue weighted by molar-refractivity contribution is 6.02.